The minimum absolute atomic E-state index is 0.0298. The van der Waals surface area contributed by atoms with E-state index in [2.05, 4.69) is 41.0 Å². The number of carbonyl (C=O) groups excluding carboxylic acids is 1. The monoisotopic (exact) mass is 379 g/mol. The second-order valence-corrected chi connectivity index (χ2v) is 7.15. The Balaban J connectivity index is 0.000000261. The van der Waals surface area contributed by atoms with Crippen molar-refractivity contribution in [2.45, 2.75) is 32.4 Å². The Bertz CT molecular complexity index is 880. The number of pyridine rings is 1. The highest BCUT2D eigenvalue weighted by atomic mass is 16.3. The zero-order valence-corrected chi connectivity index (χ0v) is 16.2. The third kappa shape index (κ3) is 6.77. The van der Waals surface area contributed by atoms with E-state index in [0.717, 1.165) is 16.8 Å². The highest BCUT2D eigenvalue weighted by molar-refractivity contribution is 5.90. The average Bonchev–Trinajstić information content (AvgIpc) is 2.68. The van der Waals surface area contributed by atoms with Gasteiger partial charge in [-0.25, -0.2) is 4.98 Å². The highest BCUT2D eigenvalue weighted by Crippen LogP contribution is 2.24. The summed E-state index contributed by atoms with van der Waals surface area (Å²) < 4.78 is 0. The van der Waals surface area contributed by atoms with Crippen LogP contribution >= 0.6 is 0 Å². The molecule has 7 heteroatoms. The number of nitrogens with zero attached hydrogens (tertiary/aromatic N) is 3. The topological polar surface area (TPSA) is 114 Å². The fourth-order valence-electron chi connectivity index (χ4n) is 2.36. The number of aromatic nitrogens is 3. The number of anilines is 1. The van der Waals surface area contributed by atoms with Crippen LogP contribution in [0.15, 0.2) is 67.4 Å². The van der Waals surface area contributed by atoms with Crippen LogP contribution in [-0.4, -0.2) is 31.5 Å². The quantitative estimate of drug-likeness (QED) is 0.642. The molecule has 0 spiro atoms. The Kier molecular flexibility index (Phi) is 7.17. The molecule has 146 valence electrons. The number of carbonyl (C=O) groups is 1. The van der Waals surface area contributed by atoms with Crippen LogP contribution in [0.25, 0.3) is 0 Å². The summed E-state index contributed by atoms with van der Waals surface area (Å²) in [5, 5.41) is 13.7. The summed E-state index contributed by atoms with van der Waals surface area (Å²) in [5.74, 6) is -0.553. The third-order valence-corrected chi connectivity index (χ3v) is 3.53. The summed E-state index contributed by atoms with van der Waals surface area (Å²) in [5.41, 5.74) is 7.62. The van der Waals surface area contributed by atoms with Gasteiger partial charge < -0.3 is 16.2 Å². The number of aliphatic hydroxyl groups is 1. The summed E-state index contributed by atoms with van der Waals surface area (Å²) in [6.45, 7) is 6.27. The van der Waals surface area contributed by atoms with Gasteiger partial charge in [-0.3, -0.25) is 14.8 Å². The van der Waals surface area contributed by atoms with E-state index in [1.165, 1.54) is 18.6 Å². The van der Waals surface area contributed by atoms with E-state index in [0.29, 0.717) is 0 Å². The molecule has 1 amide bonds. The van der Waals surface area contributed by atoms with Crippen molar-refractivity contribution in [3.8, 4) is 0 Å². The predicted molar refractivity (Wildman–Crippen MR) is 109 cm³/mol. The van der Waals surface area contributed by atoms with Crippen molar-refractivity contribution in [3.63, 3.8) is 0 Å². The third-order valence-electron chi connectivity index (χ3n) is 3.53. The average molecular weight is 379 g/mol. The van der Waals surface area contributed by atoms with Crippen molar-refractivity contribution in [3.05, 3.63) is 84.2 Å². The predicted octanol–water partition coefficient (Wildman–Crippen LogP) is 2.95. The van der Waals surface area contributed by atoms with E-state index in [-0.39, 0.29) is 11.2 Å². The second-order valence-electron chi connectivity index (χ2n) is 7.15. The number of rotatable bonds is 4. The SMILES string of the molecule is CC(C)(C)Nc1cncc(C(O)c2ccccc2)c1.NC(=O)c1cnccn1. The highest BCUT2D eigenvalue weighted by Gasteiger charge is 2.13. The molecule has 28 heavy (non-hydrogen) atoms. The van der Waals surface area contributed by atoms with E-state index in [9.17, 15) is 9.90 Å². The van der Waals surface area contributed by atoms with Crippen LogP contribution in [-0.2, 0) is 0 Å². The van der Waals surface area contributed by atoms with Crippen molar-refractivity contribution >= 4 is 11.6 Å². The molecule has 0 aliphatic carbocycles. The maximum atomic E-state index is 10.3. The lowest BCUT2D eigenvalue weighted by Gasteiger charge is -2.22. The molecule has 1 unspecified atom stereocenters. The molecule has 2 heterocycles. The molecule has 0 aliphatic heterocycles. The Morgan fingerprint density at radius 1 is 1.04 bits per heavy atom. The fraction of sp³-hybridized carbons (Fsp3) is 0.238. The number of amides is 1. The number of hydrogen-bond donors (Lipinski definition) is 3. The van der Waals surface area contributed by atoms with E-state index >= 15 is 0 Å². The first-order chi connectivity index (χ1) is 13.3. The first-order valence-electron chi connectivity index (χ1n) is 8.78. The van der Waals surface area contributed by atoms with Gasteiger partial charge in [0.15, 0.2) is 0 Å². The largest absolute Gasteiger partial charge is 0.384 e. The van der Waals surface area contributed by atoms with E-state index in [4.69, 9.17) is 5.73 Å². The zero-order chi connectivity index (χ0) is 20.6. The summed E-state index contributed by atoms with van der Waals surface area (Å²) in [7, 11) is 0. The summed E-state index contributed by atoms with van der Waals surface area (Å²) in [6.07, 6.45) is 7.04. The minimum atomic E-state index is -0.643. The maximum absolute atomic E-state index is 10.3. The Labute approximate surface area is 164 Å². The lowest BCUT2D eigenvalue weighted by molar-refractivity contribution is 0.0995. The molecule has 7 nitrogen and oxygen atoms in total. The molecule has 0 aliphatic rings. The second kappa shape index (κ2) is 9.57. The Hall–Kier alpha value is -3.32. The summed E-state index contributed by atoms with van der Waals surface area (Å²) in [6, 6.07) is 11.5. The molecule has 0 bridgehead atoms. The van der Waals surface area contributed by atoms with Crippen molar-refractivity contribution in [2.75, 3.05) is 5.32 Å². The van der Waals surface area contributed by atoms with Crippen LogP contribution in [0.2, 0.25) is 0 Å². The fourth-order valence-corrected chi connectivity index (χ4v) is 2.36. The molecular weight excluding hydrogens is 354 g/mol. The van der Waals surface area contributed by atoms with E-state index in [1.807, 2.05) is 36.4 Å². The number of benzene rings is 1. The van der Waals surface area contributed by atoms with Crippen molar-refractivity contribution in [1.29, 1.82) is 0 Å². The first kappa shape index (κ1) is 21.0. The van der Waals surface area contributed by atoms with Crippen LogP contribution < -0.4 is 11.1 Å². The van der Waals surface area contributed by atoms with E-state index < -0.39 is 12.0 Å². The molecule has 3 rings (SSSR count). The lowest BCUT2D eigenvalue weighted by atomic mass is 10.0. The molecule has 0 saturated heterocycles. The van der Waals surface area contributed by atoms with Gasteiger partial charge >= 0.3 is 0 Å². The lowest BCUT2D eigenvalue weighted by Crippen LogP contribution is -2.26. The van der Waals surface area contributed by atoms with Crippen LogP contribution in [0.5, 0.6) is 0 Å². The normalized spacial score (nSPS) is 11.7. The molecular formula is C21H25N5O2. The number of primary amides is 1. The van der Waals surface area contributed by atoms with Crippen molar-refractivity contribution < 1.29 is 9.90 Å². The van der Waals surface area contributed by atoms with Crippen molar-refractivity contribution in [2.24, 2.45) is 5.73 Å². The van der Waals surface area contributed by atoms with Gasteiger partial charge in [0.2, 0.25) is 0 Å². The number of nitrogens with two attached hydrogens (primary N) is 1. The van der Waals surface area contributed by atoms with Crippen molar-refractivity contribution in [1.82, 2.24) is 15.0 Å². The maximum Gasteiger partial charge on any atom is 0.268 e. The van der Waals surface area contributed by atoms with Crippen LogP contribution in [0.1, 0.15) is 48.5 Å². The first-order valence-corrected chi connectivity index (χ1v) is 8.78. The van der Waals surface area contributed by atoms with Crippen LogP contribution in [0, 0.1) is 0 Å². The van der Waals surface area contributed by atoms with E-state index in [1.54, 1.807) is 12.4 Å². The zero-order valence-electron chi connectivity index (χ0n) is 16.2. The molecule has 0 radical (unpaired) electrons. The van der Waals surface area contributed by atoms with Gasteiger partial charge in [0.25, 0.3) is 5.91 Å². The molecule has 4 N–H and O–H groups in total. The Morgan fingerprint density at radius 2 is 1.75 bits per heavy atom. The molecule has 2 aromatic heterocycles. The number of hydrogen-bond acceptors (Lipinski definition) is 6. The minimum Gasteiger partial charge on any atom is -0.384 e. The van der Waals surface area contributed by atoms with Gasteiger partial charge in [-0.15, -0.1) is 0 Å². The van der Waals surface area contributed by atoms with Gasteiger partial charge in [0, 0.05) is 35.9 Å². The van der Waals surface area contributed by atoms with Gasteiger partial charge in [0.05, 0.1) is 11.9 Å². The Morgan fingerprint density at radius 3 is 2.29 bits per heavy atom. The molecule has 3 aromatic rings. The summed E-state index contributed by atoms with van der Waals surface area (Å²) >= 11 is 0. The standard InChI is InChI=1S/C16H20N2O.C5H5N3O/c1-16(2,3)18-14-9-13(10-17-11-14)15(19)12-7-5-4-6-8-12;6-5(9)4-3-7-1-2-8-4/h4-11,15,18-19H,1-3H3;1-3H,(H2,6,9). The number of nitrogens with one attached hydrogen (secondary N) is 1. The summed E-state index contributed by atoms with van der Waals surface area (Å²) in [4.78, 5) is 21.8. The van der Waals surface area contributed by atoms with Gasteiger partial charge in [-0.05, 0) is 32.4 Å². The van der Waals surface area contributed by atoms with Crippen LogP contribution in [0.3, 0.4) is 0 Å². The van der Waals surface area contributed by atoms with Crippen LogP contribution in [0.4, 0.5) is 5.69 Å². The smallest absolute Gasteiger partial charge is 0.268 e. The molecule has 0 saturated carbocycles. The van der Waals surface area contributed by atoms with Gasteiger partial charge in [-0.1, -0.05) is 30.3 Å². The number of aliphatic hydroxyl groups excluding tert-OH is 1. The molecule has 1 atom stereocenters. The molecule has 0 fully saturated rings. The molecule has 1 aromatic carbocycles. The van der Waals surface area contributed by atoms with Gasteiger partial charge in [0.1, 0.15) is 11.8 Å². The van der Waals surface area contributed by atoms with Gasteiger partial charge in [-0.2, -0.15) is 0 Å².